The average molecular weight is 244 g/mol. The molecule has 0 bridgehead atoms. The van der Waals surface area contributed by atoms with Gasteiger partial charge in [-0.15, -0.1) is 0 Å². The SMILES string of the molecule is Cc1ccc2c(c1)[nH]c(=O)n2[C@H]1CC[C@H](C)CC1. The predicted molar refractivity (Wildman–Crippen MR) is 74.0 cm³/mol. The second kappa shape index (κ2) is 4.30. The normalized spacial score (nSPS) is 24.6. The maximum atomic E-state index is 12.1. The van der Waals surface area contributed by atoms with Gasteiger partial charge in [0.1, 0.15) is 0 Å². The first-order valence-corrected chi connectivity index (χ1v) is 6.86. The molecule has 1 heterocycles. The lowest BCUT2D eigenvalue weighted by atomic mass is 9.87. The van der Waals surface area contributed by atoms with Crippen LogP contribution in [0.4, 0.5) is 0 Å². The number of aryl methyl sites for hydroxylation is 1. The van der Waals surface area contributed by atoms with Crippen LogP contribution in [0.25, 0.3) is 11.0 Å². The molecule has 96 valence electrons. The van der Waals surface area contributed by atoms with E-state index in [0.29, 0.717) is 6.04 Å². The maximum absolute atomic E-state index is 12.1. The summed E-state index contributed by atoms with van der Waals surface area (Å²) < 4.78 is 1.97. The Bertz CT molecular complexity index is 615. The molecule has 0 spiro atoms. The summed E-state index contributed by atoms with van der Waals surface area (Å²) in [5.41, 5.74) is 3.27. The number of aromatic amines is 1. The van der Waals surface area contributed by atoms with Crippen LogP contribution in [0.3, 0.4) is 0 Å². The van der Waals surface area contributed by atoms with Crippen molar-refractivity contribution in [2.24, 2.45) is 5.92 Å². The summed E-state index contributed by atoms with van der Waals surface area (Å²) >= 11 is 0. The number of imidazole rings is 1. The van der Waals surface area contributed by atoms with E-state index >= 15 is 0 Å². The Labute approximate surface area is 107 Å². The van der Waals surface area contributed by atoms with Gasteiger partial charge in [-0.2, -0.15) is 0 Å². The molecule has 0 amide bonds. The minimum Gasteiger partial charge on any atom is -0.306 e. The smallest absolute Gasteiger partial charge is 0.306 e. The highest BCUT2D eigenvalue weighted by atomic mass is 16.1. The van der Waals surface area contributed by atoms with Gasteiger partial charge in [0.05, 0.1) is 11.0 Å². The molecule has 1 aliphatic rings. The van der Waals surface area contributed by atoms with Gasteiger partial charge in [-0.1, -0.05) is 13.0 Å². The van der Waals surface area contributed by atoms with Gasteiger partial charge < -0.3 is 4.98 Å². The number of hydrogen-bond acceptors (Lipinski definition) is 1. The van der Waals surface area contributed by atoms with Crippen molar-refractivity contribution in [2.45, 2.75) is 45.6 Å². The molecule has 0 radical (unpaired) electrons. The summed E-state index contributed by atoms with van der Waals surface area (Å²) in [5, 5.41) is 0. The third kappa shape index (κ3) is 1.88. The predicted octanol–water partition coefficient (Wildman–Crippen LogP) is 3.39. The molecular weight excluding hydrogens is 224 g/mol. The molecule has 0 aliphatic heterocycles. The highest BCUT2D eigenvalue weighted by Gasteiger charge is 2.22. The Morgan fingerprint density at radius 3 is 2.67 bits per heavy atom. The van der Waals surface area contributed by atoms with Gasteiger partial charge >= 0.3 is 5.69 Å². The van der Waals surface area contributed by atoms with Crippen LogP contribution in [-0.4, -0.2) is 9.55 Å². The number of nitrogens with zero attached hydrogens (tertiary/aromatic N) is 1. The lowest BCUT2D eigenvalue weighted by molar-refractivity contribution is 0.290. The van der Waals surface area contributed by atoms with Crippen molar-refractivity contribution in [3.05, 3.63) is 34.2 Å². The molecule has 1 aliphatic carbocycles. The third-order valence-electron chi connectivity index (χ3n) is 4.22. The minimum absolute atomic E-state index is 0.0511. The number of benzene rings is 1. The molecule has 3 nitrogen and oxygen atoms in total. The molecule has 0 saturated heterocycles. The van der Waals surface area contributed by atoms with Gasteiger partial charge in [-0.25, -0.2) is 4.79 Å². The van der Waals surface area contributed by atoms with Crippen molar-refractivity contribution in [2.75, 3.05) is 0 Å². The number of H-pyrrole nitrogens is 1. The lowest BCUT2D eigenvalue weighted by Crippen LogP contribution is -2.25. The number of rotatable bonds is 1. The Morgan fingerprint density at radius 1 is 1.22 bits per heavy atom. The van der Waals surface area contributed by atoms with E-state index in [1.165, 1.54) is 18.4 Å². The molecule has 18 heavy (non-hydrogen) atoms. The van der Waals surface area contributed by atoms with Crippen molar-refractivity contribution >= 4 is 11.0 Å². The molecule has 2 aromatic rings. The van der Waals surface area contributed by atoms with Crippen LogP contribution >= 0.6 is 0 Å². The molecule has 0 unspecified atom stereocenters. The van der Waals surface area contributed by atoms with E-state index in [1.807, 2.05) is 4.57 Å². The zero-order valence-electron chi connectivity index (χ0n) is 11.1. The van der Waals surface area contributed by atoms with E-state index in [4.69, 9.17) is 0 Å². The molecule has 1 aromatic heterocycles. The van der Waals surface area contributed by atoms with Gasteiger partial charge in [-0.3, -0.25) is 4.57 Å². The summed E-state index contributed by atoms with van der Waals surface area (Å²) in [4.78, 5) is 15.1. The van der Waals surface area contributed by atoms with Gasteiger partial charge in [0, 0.05) is 6.04 Å². The molecular formula is C15H20N2O. The van der Waals surface area contributed by atoms with E-state index in [2.05, 4.69) is 37.0 Å². The average Bonchev–Trinajstić information content (AvgIpc) is 2.65. The van der Waals surface area contributed by atoms with Gasteiger partial charge in [-0.05, 0) is 56.2 Å². The van der Waals surface area contributed by atoms with Crippen LogP contribution < -0.4 is 5.69 Å². The number of nitrogens with one attached hydrogen (secondary N) is 1. The monoisotopic (exact) mass is 244 g/mol. The fourth-order valence-electron chi connectivity index (χ4n) is 3.11. The number of fused-ring (bicyclic) bond motifs is 1. The molecule has 1 fully saturated rings. The Morgan fingerprint density at radius 2 is 1.94 bits per heavy atom. The van der Waals surface area contributed by atoms with Crippen molar-refractivity contribution in [3.8, 4) is 0 Å². The van der Waals surface area contributed by atoms with E-state index in [0.717, 1.165) is 29.8 Å². The van der Waals surface area contributed by atoms with Crippen LogP contribution in [0, 0.1) is 12.8 Å². The fourth-order valence-corrected chi connectivity index (χ4v) is 3.11. The van der Waals surface area contributed by atoms with Crippen molar-refractivity contribution in [3.63, 3.8) is 0 Å². The maximum Gasteiger partial charge on any atom is 0.326 e. The molecule has 1 N–H and O–H groups in total. The molecule has 3 heteroatoms. The summed E-state index contributed by atoms with van der Waals surface area (Å²) in [6, 6.07) is 6.58. The van der Waals surface area contributed by atoms with E-state index in [-0.39, 0.29) is 5.69 Å². The standard InChI is InChI=1S/C15H20N2O/c1-10-3-6-12(7-4-10)17-14-8-5-11(2)9-13(14)16-15(17)18/h5,8-10,12H,3-4,6-7H2,1-2H3,(H,16,18)/t10-,12-. The van der Waals surface area contributed by atoms with Crippen LogP contribution in [0.2, 0.25) is 0 Å². The second-order valence-electron chi connectivity index (χ2n) is 5.73. The molecule has 1 saturated carbocycles. The topological polar surface area (TPSA) is 37.8 Å². The van der Waals surface area contributed by atoms with Gasteiger partial charge in [0.2, 0.25) is 0 Å². The molecule has 3 rings (SSSR count). The first-order valence-electron chi connectivity index (χ1n) is 6.86. The Hall–Kier alpha value is -1.51. The van der Waals surface area contributed by atoms with Crippen LogP contribution in [0.1, 0.15) is 44.2 Å². The van der Waals surface area contributed by atoms with Gasteiger partial charge in [0.15, 0.2) is 0 Å². The molecule has 0 atom stereocenters. The largest absolute Gasteiger partial charge is 0.326 e. The van der Waals surface area contributed by atoms with Crippen molar-refractivity contribution in [1.82, 2.24) is 9.55 Å². The zero-order valence-corrected chi connectivity index (χ0v) is 11.1. The van der Waals surface area contributed by atoms with Crippen LogP contribution in [0.15, 0.2) is 23.0 Å². The zero-order chi connectivity index (χ0) is 12.7. The summed E-state index contributed by atoms with van der Waals surface area (Å²) in [7, 11) is 0. The third-order valence-corrected chi connectivity index (χ3v) is 4.22. The Kier molecular flexibility index (Phi) is 2.77. The first-order chi connectivity index (χ1) is 8.65. The van der Waals surface area contributed by atoms with Crippen molar-refractivity contribution < 1.29 is 0 Å². The van der Waals surface area contributed by atoms with Crippen LogP contribution in [-0.2, 0) is 0 Å². The minimum atomic E-state index is 0.0511. The quantitative estimate of drug-likeness (QED) is 0.820. The highest BCUT2D eigenvalue weighted by molar-refractivity contribution is 5.76. The highest BCUT2D eigenvalue weighted by Crippen LogP contribution is 2.32. The van der Waals surface area contributed by atoms with E-state index in [9.17, 15) is 4.79 Å². The number of aromatic nitrogens is 2. The van der Waals surface area contributed by atoms with Crippen molar-refractivity contribution in [1.29, 1.82) is 0 Å². The first kappa shape index (κ1) is 11.6. The second-order valence-corrected chi connectivity index (χ2v) is 5.73. The number of hydrogen-bond donors (Lipinski definition) is 1. The summed E-state index contributed by atoms with van der Waals surface area (Å²) in [6.07, 6.45) is 4.72. The molecule has 1 aromatic carbocycles. The summed E-state index contributed by atoms with van der Waals surface area (Å²) in [5.74, 6) is 0.810. The Balaban J connectivity index is 2.06. The van der Waals surface area contributed by atoms with Gasteiger partial charge in [0.25, 0.3) is 0 Å². The fraction of sp³-hybridized carbons (Fsp3) is 0.533. The van der Waals surface area contributed by atoms with E-state index in [1.54, 1.807) is 0 Å². The van der Waals surface area contributed by atoms with Crippen LogP contribution in [0.5, 0.6) is 0 Å². The summed E-state index contributed by atoms with van der Waals surface area (Å²) in [6.45, 7) is 4.36. The van der Waals surface area contributed by atoms with E-state index < -0.39 is 0 Å². The lowest BCUT2D eigenvalue weighted by Gasteiger charge is -2.27.